The van der Waals surface area contributed by atoms with E-state index in [2.05, 4.69) is 15.7 Å². The second kappa shape index (κ2) is 4.96. The number of para-hydroxylation sites is 1. The zero-order chi connectivity index (χ0) is 15.4. The minimum absolute atomic E-state index is 0.121. The summed E-state index contributed by atoms with van der Waals surface area (Å²) in [6.45, 7) is 3.93. The zero-order valence-electron chi connectivity index (χ0n) is 12.6. The Morgan fingerprint density at radius 2 is 2.18 bits per heavy atom. The molecule has 0 spiro atoms. The maximum atomic E-state index is 12.4. The van der Waals surface area contributed by atoms with E-state index >= 15 is 0 Å². The predicted octanol–water partition coefficient (Wildman–Crippen LogP) is 1.87. The molecular weight excluding hydrogens is 300 g/mol. The molecule has 2 heterocycles. The van der Waals surface area contributed by atoms with Gasteiger partial charge in [-0.2, -0.15) is 5.10 Å². The number of halogens is 1. The number of rotatable bonds is 3. The molecule has 1 aromatic carbocycles. The van der Waals surface area contributed by atoms with Gasteiger partial charge in [-0.25, -0.2) is 0 Å². The predicted molar refractivity (Wildman–Crippen MR) is 85.6 cm³/mol. The first-order valence-electron chi connectivity index (χ1n) is 7.70. The summed E-state index contributed by atoms with van der Waals surface area (Å²) in [6.07, 6.45) is 0. The molecule has 2 aliphatic rings. The highest BCUT2D eigenvalue weighted by Gasteiger charge is 2.56. The maximum Gasteiger partial charge on any atom is 0.224 e. The van der Waals surface area contributed by atoms with Crippen molar-refractivity contribution in [2.75, 3.05) is 13.1 Å². The average Bonchev–Trinajstić information content (AvgIpc) is 2.82. The van der Waals surface area contributed by atoms with E-state index in [0.717, 1.165) is 29.7 Å². The molecule has 1 aliphatic heterocycles. The van der Waals surface area contributed by atoms with E-state index in [1.807, 2.05) is 32.2 Å². The van der Waals surface area contributed by atoms with Crippen molar-refractivity contribution in [1.29, 1.82) is 0 Å². The molecule has 1 saturated carbocycles. The van der Waals surface area contributed by atoms with Crippen LogP contribution in [0, 0.1) is 17.8 Å². The number of piperidine rings is 1. The molecule has 2 fully saturated rings. The summed E-state index contributed by atoms with van der Waals surface area (Å²) < 4.78 is 1.78. The van der Waals surface area contributed by atoms with Gasteiger partial charge in [-0.1, -0.05) is 23.7 Å². The Bertz CT molecular complexity index is 746. The minimum atomic E-state index is -0.121. The summed E-state index contributed by atoms with van der Waals surface area (Å²) in [6, 6.07) is 5.66. The summed E-state index contributed by atoms with van der Waals surface area (Å²) in [5.41, 5.74) is 1.78. The molecular formula is C16H19ClN4O. The van der Waals surface area contributed by atoms with Crippen LogP contribution in [0.1, 0.15) is 18.7 Å². The topological polar surface area (TPSA) is 59.0 Å². The molecule has 0 radical (unpaired) electrons. The largest absolute Gasteiger partial charge is 0.348 e. The molecule has 1 aliphatic carbocycles. The third-order valence-electron chi connectivity index (χ3n) is 5.01. The fourth-order valence-electron chi connectivity index (χ4n) is 3.82. The molecule has 2 aromatic rings. The van der Waals surface area contributed by atoms with E-state index in [1.54, 1.807) is 4.68 Å². The first kappa shape index (κ1) is 14.0. The second-order valence-electron chi connectivity index (χ2n) is 6.39. The zero-order valence-corrected chi connectivity index (χ0v) is 13.4. The van der Waals surface area contributed by atoms with Crippen LogP contribution in [-0.4, -0.2) is 28.8 Å². The Morgan fingerprint density at radius 3 is 2.91 bits per heavy atom. The lowest BCUT2D eigenvalue weighted by atomic mass is 10.1. The number of aryl methyl sites for hydroxylation is 1. The van der Waals surface area contributed by atoms with E-state index < -0.39 is 0 Å². The summed E-state index contributed by atoms with van der Waals surface area (Å²) in [5, 5.41) is 12.7. The number of nitrogens with zero attached hydrogens (tertiary/aromatic N) is 2. The fourth-order valence-corrected chi connectivity index (χ4v) is 4.12. The number of aromatic nitrogens is 2. The van der Waals surface area contributed by atoms with Crippen LogP contribution in [0.5, 0.6) is 0 Å². The number of amides is 1. The van der Waals surface area contributed by atoms with Crippen molar-refractivity contribution >= 4 is 28.4 Å². The highest BCUT2D eigenvalue weighted by molar-refractivity contribution is 6.35. The lowest BCUT2D eigenvalue weighted by Gasteiger charge is -2.13. The Hall–Kier alpha value is -1.59. The quantitative estimate of drug-likeness (QED) is 0.908. The lowest BCUT2D eigenvalue weighted by Crippen LogP contribution is -2.32. The summed E-state index contributed by atoms with van der Waals surface area (Å²) in [7, 11) is 1.88. The number of carbonyl (C=O) groups is 1. The van der Waals surface area contributed by atoms with Crippen LogP contribution in [0.25, 0.3) is 10.9 Å². The van der Waals surface area contributed by atoms with Crippen molar-refractivity contribution in [1.82, 2.24) is 20.4 Å². The smallest absolute Gasteiger partial charge is 0.224 e. The molecule has 2 N–H and O–H groups in total. The molecule has 4 atom stereocenters. The summed E-state index contributed by atoms with van der Waals surface area (Å²) in [4.78, 5) is 12.4. The van der Waals surface area contributed by atoms with Crippen molar-refractivity contribution in [2.24, 2.45) is 24.8 Å². The number of fused-ring (bicyclic) bond motifs is 2. The standard InChI is InChI=1S/C16H19ClN4O/c1-8(19-16(22)13-10-6-18-7-11(10)13)14-9-4-3-5-12(17)15(9)21(2)20-14/h3-5,8,10-11,13,18H,6-7H2,1-2H3,(H,19,22)/t8?,10-,11+,13+. The third-order valence-corrected chi connectivity index (χ3v) is 5.31. The van der Waals surface area contributed by atoms with Gasteiger partial charge in [0.25, 0.3) is 0 Å². The van der Waals surface area contributed by atoms with Gasteiger partial charge in [0.05, 0.1) is 22.3 Å². The van der Waals surface area contributed by atoms with E-state index in [9.17, 15) is 4.79 Å². The third kappa shape index (κ3) is 2.03. The molecule has 6 heteroatoms. The first-order chi connectivity index (χ1) is 10.6. The van der Waals surface area contributed by atoms with E-state index in [0.29, 0.717) is 16.9 Å². The Labute approximate surface area is 134 Å². The van der Waals surface area contributed by atoms with Crippen LogP contribution in [-0.2, 0) is 11.8 Å². The average molecular weight is 319 g/mol. The molecule has 0 bridgehead atoms. The van der Waals surface area contributed by atoms with Crippen LogP contribution in [0.3, 0.4) is 0 Å². The van der Waals surface area contributed by atoms with E-state index in [1.165, 1.54) is 0 Å². The van der Waals surface area contributed by atoms with Crippen molar-refractivity contribution in [3.63, 3.8) is 0 Å². The Morgan fingerprint density at radius 1 is 1.45 bits per heavy atom. The Kier molecular flexibility index (Phi) is 3.16. The summed E-state index contributed by atoms with van der Waals surface area (Å²) >= 11 is 6.26. The molecule has 1 aromatic heterocycles. The monoisotopic (exact) mass is 318 g/mol. The lowest BCUT2D eigenvalue weighted by molar-refractivity contribution is -0.123. The van der Waals surface area contributed by atoms with Crippen LogP contribution in [0.15, 0.2) is 18.2 Å². The van der Waals surface area contributed by atoms with Crippen LogP contribution in [0.2, 0.25) is 5.02 Å². The van der Waals surface area contributed by atoms with Gasteiger partial charge in [0.2, 0.25) is 5.91 Å². The van der Waals surface area contributed by atoms with Gasteiger partial charge < -0.3 is 10.6 Å². The number of carbonyl (C=O) groups excluding carboxylic acids is 1. The number of hydrogen-bond donors (Lipinski definition) is 2. The van der Waals surface area contributed by atoms with E-state index in [4.69, 9.17) is 11.6 Å². The fraction of sp³-hybridized carbons (Fsp3) is 0.500. The van der Waals surface area contributed by atoms with Crippen molar-refractivity contribution in [3.05, 3.63) is 28.9 Å². The molecule has 22 heavy (non-hydrogen) atoms. The van der Waals surface area contributed by atoms with Crippen molar-refractivity contribution in [2.45, 2.75) is 13.0 Å². The molecule has 1 amide bonds. The highest BCUT2D eigenvalue weighted by atomic mass is 35.5. The van der Waals surface area contributed by atoms with Gasteiger partial charge in [0.1, 0.15) is 0 Å². The number of nitrogens with one attached hydrogen (secondary N) is 2. The molecule has 4 rings (SSSR count). The van der Waals surface area contributed by atoms with E-state index in [-0.39, 0.29) is 17.9 Å². The number of hydrogen-bond acceptors (Lipinski definition) is 3. The van der Waals surface area contributed by atoms with Crippen LogP contribution in [0.4, 0.5) is 0 Å². The van der Waals surface area contributed by atoms with Gasteiger partial charge in [-0.15, -0.1) is 0 Å². The SMILES string of the molecule is CC(NC(=O)[C@H]1[C@@H]2CNC[C@@H]21)c1nn(C)c2c(Cl)cccc12. The second-order valence-corrected chi connectivity index (χ2v) is 6.79. The maximum absolute atomic E-state index is 12.4. The summed E-state index contributed by atoms with van der Waals surface area (Å²) in [5.74, 6) is 1.40. The normalized spacial score (nSPS) is 27.7. The van der Waals surface area contributed by atoms with Gasteiger partial charge in [0.15, 0.2) is 0 Å². The molecule has 5 nitrogen and oxygen atoms in total. The Balaban J connectivity index is 1.57. The highest BCUT2D eigenvalue weighted by Crippen LogP contribution is 2.48. The molecule has 1 unspecified atom stereocenters. The van der Waals surface area contributed by atoms with Crippen molar-refractivity contribution < 1.29 is 4.79 Å². The van der Waals surface area contributed by atoms with Gasteiger partial charge in [0, 0.05) is 18.4 Å². The number of benzene rings is 1. The van der Waals surface area contributed by atoms with Crippen LogP contribution < -0.4 is 10.6 Å². The van der Waals surface area contributed by atoms with Gasteiger partial charge in [-0.05, 0) is 37.9 Å². The van der Waals surface area contributed by atoms with Crippen molar-refractivity contribution in [3.8, 4) is 0 Å². The van der Waals surface area contributed by atoms with Crippen LogP contribution >= 0.6 is 11.6 Å². The van der Waals surface area contributed by atoms with Gasteiger partial charge >= 0.3 is 0 Å². The van der Waals surface area contributed by atoms with Gasteiger partial charge in [-0.3, -0.25) is 9.48 Å². The minimum Gasteiger partial charge on any atom is -0.348 e. The first-order valence-corrected chi connectivity index (χ1v) is 8.08. The molecule has 116 valence electrons. The molecule has 1 saturated heterocycles.